The molecular weight excluding hydrogens is 646 g/mol. The van der Waals surface area contributed by atoms with Gasteiger partial charge in [0.25, 0.3) is 0 Å². The van der Waals surface area contributed by atoms with Gasteiger partial charge in [0.15, 0.2) is 0 Å². The van der Waals surface area contributed by atoms with Gasteiger partial charge in [-0.15, -0.1) is 26.3 Å². The van der Waals surface area contributed by atoms with E-state index >= 15 is 0 Å². The van der Waals surface area contributed by atoms with Crippen molar-refractivity contribution in [1.82, 2.24) is 25.8 Å². The van der Waals surface area contributed by atoms with Crippen LogP contribution in [0.15, 0.2) is 106 Å². The van der Waals surface area contributed by atoms with E-state index in [1.807, 2.05) is 76.6 Å². The summed E-state index contributed by atoms with van der Waals surface area (Å²) in [6.07, 6.45) is 11.0. The van der Waals surface area contributed by atoms with Gasteiger partial charge in [-0.05, 0) is 129 Å². The number of pyridine rings is 1. The summed E-state index contributed by atoms with van der Waals surface area (Å²) in [6, 6.07) is 13.1. The zero-order chi connectivity index (χ0) is 38.6. The van der Waals surface area contributed by atoms with E-state index in [-0.39, 0.29) is 5.82 Å². The zero-order valence-corrected chi connectivity index (χ0v) is 31.9. The Morgan fingerprint density at radius 1 is 1.00 bits per heavy atom. The third-order valence-electron chi connectivity index (χ3n) is 8.46. The standard InChI is InChI=1S/C38H44FN7.C2H6.2C2H4/c1-24(32-20-34(23-42-22-32)43-25(2)16-29-12-14-41-15-13-29)10-11-37-27(4)38(46-45-37)28(5)44-36-9-7-8-35(26(36)3)31-17-30(21-40-6)18-33(39)19-31;3*1-2/h7-11,17-20,22-23,29,40-41,43-45H,2,4-5,12-16,21H2,1,3,6H3;1-2H3;2*1-2H2/b24-10+,37-11+;;;. The van der Waals surface area contributed by atoms with Crippen molar-refractivity contribution in [3.05, 3.63) is 145 Å². The van der Waals surface area contributed by atoms with E-state index < -0.39 is 0 Å². The largest absolute Gasteiger partial charge is 0.358 e. The quantitative estimate of drug-likeness (QED) is 0.0948. The predicted molar refractivity (Wildman–Crippen MR) is 225 cm³/mol. The number of piperidine rings is 1. The lowest BCUT2D eigenvalue weighted by Gasteiger charge is -2.23. The number of nitrogens with one attached hydrogen (secondary N) is 5. The lowest BCUT2D eigenvalue weighted by molar-refractivity contribution is 0.373. The second-order valence-corrected chi connectivity index (χ2v) is 12.0. The number of nitrogens with zero attached hydrogens (tertiary/aromatic N) is 2. The molecule has 5 rings (SSSR count). The number of rotatable bonds is 12. The summed E-state index contributed by atoms with van der Waals surface area (Å²) in [6.45, 7) is 35.6. The third kappa shape index (κ3) is 12.2. The van der Waals surface area contributed by atoms with E-state index in [2.05, 4.69) is 95.5 Å². The van der Waals surface area contributed by atoms with Crippen molar-refractivity contribution in [2.45, 2.75) is 53.5 Å². The van der Waals surface area contributed by atoms with E-state index in [0.717, 1.165) is 80.5 Å². The van der Waals surface area contributed by atoms with Crippen molar-refractivity contribution in [2.24, 2.45) is 5.92 Å². The number of benzene rings is 2. The smallest absolute Gasteiger partial charge is 0.124 e. The van der Waals surface area contributed by atoms with Crippen LogP contribution in [0.4, 0.5) is 15.8 Å². The minimum absolute atomic E-state index is 0.259. The highest BCUT2D eigenvalue weighted by Crippen LogP contribution is 2.31. The molecule has 7 nitrogen and oxygen atoms in total. The number of anilines is 2. The van der Waals surface area contributed by atoms with Gasteiger partial charge in [-0.1, -0.05) is 51.8 Å². The minimum Gasteiger partial charge on any atom is -0.358 e. The molecule has 276 valence electrons. The molecule has 1 saturated heterocycles. The lowest BCUT2D eigenvalue weighted by Crippen LogP contribution is -2.28. The van der Waals surface area contributed by atoms with Gasteiger partial charge in [-0.25, -0.2) is 4.39 Å². The minimum atomic E-state index is -0.259. The Morgan fingerprint density at radius 2 is 1.71 bits per heavy atom. The second kappa shape index (κ2) is 22.5. The number of H-pyrrole nitrogens is 1. The first kappa shape index (κ1) is 42.9. The van der Waals surface area contributed by atoms with E-state index in [1.165, 1.54) is 12.8 Å². The normalized spacial score (nSPS) is 13.0. The number of hydrogen-bond acceptors (Lipinski definition) is 6. The summed E-state index contributed by atoms with van der Waals surface area (Å²) in [5, 5.41) is 22.5. The molecule has 1 fully saturated rings. The third-order valence-corrected chi connectivity index (χ3v) is 8.46. The van der Waals surface area contributed by atoms with Crippen molar-refractivity contribution in [3.63, 3.8) is 0 Å². The summed E-state index contributed by atoms with van der Waals surface area (Å²) >= 11 is 0. The second-order valence-electron chi connectivity index (χ2n) is 12.0. The molecule has 1 aliphatic heterocycles. The average Bonchev–Trinajstić information content (AvgIpc) is 3.54. The fourth-order valence-electron chi connectivity index (χ4n) is 5.90. The van der Waals surface area contributed by atoms with Gasteiger partial charge in [-0.2, -0.15) is 5.10 Å². The number of allylic oxidation sites excluding steroid dienone is 3. The topological polar surface area (TPSA) is 89.7 Å². The average molecular weight is 704 g/mol. The van der Waals surface area contributed by atoms with Crippen LogP contribution in [0, 0.1) is 18.7 Å². The Kier molecular flexibility index (Phi) is 18.5. The fourth-order valence-corrected chi connectivity index (χ4v) is 5.90. The molecule has 0 atom stereocenters. The van der Waals surface area contributed by atoms with Crippen LogP contribution in [0.3, 0.4) is 0 Å². The first-order chi connectivity index (χ1) is 25.2. The molecule has 0 bridgehead atoms. The number of hydrogen-bond donors (Lipinski definition) is 5. The highest BCUT2D eigenvalue weighted by atomic mass is 19.1. The van der Waals surface area contributed by atoms with E-state index in [0.29, 0.717) is 23.9 Å². The highest BCUT2D eigenvalue weighted by Gasteiger charge is 2.15. The van der Waals surface area contributed by atoms with Gasteiger partial charge in [-0.3, -0.25) is 10.1 Å². The summed E-state index contributed by atoms with van der Waals surface area (Å²) in [7, 11) is 1.85. The molecule has 5 N–H and O–H groups in total. The van der Waals surface area contributed by atoms with Crippen LogP contribution >= 0.6 is 0 Å². The van der Waals surface area contributed by atoms with Gasteiger partial charge < -0.3 is 21.3 Å². The van der Waals surface area contributed by atoms with Crippen molar-refractivity contribution in [2.75, 3.05) is 30.8 Å². The first-order valence-electron chi connectivity index (χ1n) is 17.7. The van der Waals surface area contributed by atoms with Crippen LogP contribution in [-0.2, 0) is 6.54 Å². The van der Waals surface area contributed by atoms with Crippen molar-refractivity contribution in [3.8, 4) is 11.1 Å². The van der Waals surface area contributed by atoms with Crippen LogP contribution in [0.2, 0.25) is 0 Å². The molecular formula is C44H58FN7. The Bertz CT molecular complexity index is 1900. The highest BCUT2D eigenvalue weighted by molar-refractivity contribution is 5.81. The van der Waals surface area contributed by atoms with Gasteiger partial charge in [0.05, 0.1) is 22.9 Å². The summed E-state index contributed by atoms with van der Waals surface area (Å²) in [4.78, 5) is 4.45. The van der Waals surface area contributed by atoms with E-state index in [4.69, 9.17) is 0 Å². The molecule has 0 radical (unpaired) electrons. The maximum absolute atomic E-state index is 14.4. The van der Waals surface area contributed by atoms with Gasteiger partial charge in [0.1, 0.15) is 11.5 Å². The number of aromatic amines is 1. The van der Waals surface area contributed by atoms with Crippen molar-refractivity contribution >= 4 is 35.3 Å². The van der Waals surface area contributed by atoms with Crippen LogP contribution in [0.5, 0.6) is 0 Å². The monoisotopic (exact) mass is 703 g/mol. The van der Waals surface area contributed by atoms with E-state index in [9.17, 15) is 4.39 Å². The predicted octanol–water partition coefficient (Wildman–Crippen LogP) is 8.96. The molecule has 1 aliphatic rings. The Balaban J connectivity index is 0.00000148. The fraction of sp³-hybridized carbons (Fsp3) is 0.273. The molecule has 2 aromatic heterocycles. The SMILES string of the molecule is C=C.C=C.C=C(CC1CCNCC1)Nc1cncc(/C(C)=C/C=c2/[nH]nc(C(=C)Nc3cccc(-c4cc(F)cc(CNC)c4)c3C)c2=C)c1.CC. The Hall–Kier alpha value is -5.31. The maximum Gasteiger partial charge on any atom is 0.124 e. The Morgan fingerprint density at radius 3 is 2.40 bits per heavy atom. The molecule has 8 heteroatoms. The summed E-state index contributed by atoms with van der Waals surface area (Å²) in [5.74, 6) is 0.410. The molecule has 0 saturated carbocycles. The lowest BCUT2D eigenvalue weighted by atomic mass is 9.93. The summed E-state index contributed by atoms with van der Waals surface area (Å²) < 4.78 is 14.4. The van der Waals surface area contributed by atoms with Gasteiger partial charge in [0.2, 0.25) is 0 Å². The Labute approximate surface area is 311 Å². The maximum atomic E-state index is 14.4. The van der Waals surface area contributed by atoms with Gasteiger partial charge in [0, 0.05) is 29.3 Å². The van der Waals surface area contributed by atoms with Crippen LogP contribution in [-0.4, -0.2) is 35.3 Å². The number of aromatic nitrogens is 3. The summed E-state index contributed by atoms with van der Waals surface area (Å²) in [5.41, 5.74) is 9.79. The zero-order valence-electron chi connectivity index (χ0n) is 31.9. The van der Waals surface area contributed by atoms with Crippen molar-refractivity contribution < 1.29 is 4.39 Å². The molecule has 0 spiro atoms. The molecule has 2 aromatic carbocycles. The van der Waals surface area contributed by atoms with Crippen molar-refractivity contribution in [1.29, 1.82) is 0 Å². The molecule has 0 aliphatic carbocycles. The molecule has 4 aromatic rings. The van der Waals surface area contributed by atoms with Crippen LogP contribution in [0.1, 0.15) is 62.4 Å². The molecule has 3 heterocycles. The van der Waals surface area contributed by atoms with Gasteiger partial charge >= 0.3 is 0 Å². The number of halogens is 1. The van der Waals surface area contributed by atoms with Crippen LogP contribution in [0.25, 0.3) is 35.1 Å². The molecule has 52 heavy (non-hydrogen) atoms. The van der Waals surface area contributed by atoms with E-state index in [1.54, 1.807) is 12.1 Å². The van der Waals surface area contributed by atoms with Crippen LogP contribution < -0.4 is 31.8 Å². The molecule has 0 amide bonds. The first-order valence-corrected chi connectivity index (χ1v) is 17.7. The molecule has 0 unspecified atom stereocenters.